The zero-order chi connectivity index (χ0) is 15.5. The van der Waals surface area contributed by atoms with Gasteiger partial charge in [0.15, 0.2) is 0 Å². The molecule has 1 aliphatic rings. The molecule has 0 spiro atoms. The van der Waals surface area contributed by atoms with Gasteiger partial charge in [0, 0.05) is 24.0 Å². The summed E-state index contributed by atoms with van der Waals surface area (Å²) in [5, 5.41) is 9.39. The standard InChI is InChI=1S/C14H13Cl2N3O2S/c15-9-2-1-8(5-10(9)16)14-19-12(7-22-14)18-13(20)11-6-17-3-4-21-11/h1-2,5,7,11,17H,3-4,6H2,(H,18,20). The highest BCUT2D eigenvalue weighted by Crippen LogP contribution is 2.31. The minimum atomic E-state index is -0.483. The summed E-state index contributed by atoms with van der Waals surface area (Å²) in [6, 6.07) is 5.32. The molecule has 1 unspecified atom stereocenters. The van der Waals surface area contributed by atoms with Gasteiger partial charge < -0.3 is 15.4 Å². The summed E-state index contributed by atoms with van der Waals surface area (Å²) < 4.78 is 5.40. The smallest absolute Gasteiger partial charge is 0.256 e. The van der Waals surface area contributed by atoms with Crippen molar-refractivity contribution in [3.63, 3.8) is 0 Å². The molecule has 2 heterocycles. The average molecular weight is 358 g/mol. The lowest BCUT2D eigenvalue weighted by molar-refractivity contribution is -0.128. The number of ether oxygens (including phenoxy) is 1. The molecule has 8 heteroatoms. The van der Waals surface area contributed by atoms with Gasteiger partial charge in [0.05, 0.1) is 16.7 Å². The van der Waals surface area contributed by atoms with E-state index in [1.807, 2.05) is 6.07 Å². The fourth-order valence-electron chi connectivity index (χ4n) is 2.03. The Morgan fingerprint density at radius 1 is 1.41 bits per heavy atom. The van der Waals surface area contributed by atoms with Crippen molar-refractivity contribution < 1.29 is 9.53 Å². The molecule has 1 fully saturated rings. The maximum absolute atomic E-state index is 12.1. The van der Waals surface area contributed by atoms with E-state index in [2.05, 4.69) is 15.6 Å². The Balaban J connectivity index is 1.70. The van der Waals surface area contributed by atoms with Crippen LogP contribution in [0.1, 0.15) is 0 Å². The molecule has 1 aromatic heterocycles. The lowest BCUT2D eigenvalue weighted by Crippen LogP contribution is -2.45. The number of rotatable bonds is 3. The molecule has 1 saturated heterocycles. The summed E-state index contributed by atoms with van der Waals surface area (Å²) in [4.78, 5) is 16.5. The van der Waals surface area contributed by atoms with Gasteiger partial charge in [-0.25, -0.2) is 4.98 Å². The van der Waals surface area contributed by atoms with Crippen LogP contribution in [0.5, 0.6) is 0 Å². The number of nitrogens with zero attached hydrogens (tertiary/aromatic N) is 1. The second-order valence-electron chi connectivity index (χ2n) is 4.72. The van der Waals surface area contributed by atoms with Crippen LogP contribution >= 0.6 is 34.5 Å². The highest BCUT2D eigenvalue weighted by Gasteiger charge is 2.22. The third kappa shape index (κ3) is 3.59. The summed E-state index contributed by atoms with van der Waals surface area (Å²) >= 11 is 13.3. The normalized spacial score (nSPS) is 18.2. The Kier molecular flexibility index (Phi) is 4.95. The van der Waals surface area contributed by atoms with Crippen molar-refractivity contribution in [1.29, 1.82) is 0 Å². The van der Waals surface area contributed by atoms with Gasteiger partial charge in [-0.2, -0.15) is 0 Å². The number of aromatic nitrogens is 1. The summed E-state index contributed by atoms with van der Waals surface area (Å²) in [6.45, 7) is 1.81. The third-order valence-electron chi connectivity index (χ3n) is 3.14. The molecule has 1 aromatic carbocycles. The highest BCUT2D eigenvalue weighted by molar-refractivity contribution is 7.13. The molecule has 116 valence electrons. The van der Waals surface area contributed by atoms with Gasteiger partial charge in [0.25, 0.3) is 5.91 Å². The fraction of sp³-hybridized carbons (Fsp3) is 0.286. The SMILES string of the molecule is O=C(Nc1csc(-c2ccc(Cl)c(Cl)c2)n1)C1CNCCO1. The highest BCUT2D eigenvalue weighted by atomic mass is 35.5. The fourth-order valence-corrected chi connectivity index (χ4v) is 3.08. The number of amides is 1. The van der Waals surface area contributed by atoms with Crippen LogP contribution in [0.4, 0.5) is 5.82 Å². The van der Waals surface area contributed by atoms with E-state index < -0.39 is 6.10 Å². The first kappa shape index (κ1) is 15.7. The molecular weight excluding hydrogens is 345 g/mol. The van der Waals surface area contributed by atoms with Gasteiger partial charge in [-0.1, -0.05) is 29.3 Å². The Morgan fingerprint density at radius 3 is 3.00 bits per heavy atom. The third-order valence-corrected chi connectivity index (χ3v) is 4.77. The van der Waals surface area contributed by atoms with Gasteiger partial charge in [-0.15, -0.1) is 11.3 Å². The molecule has 5 nitrogen and oxygen atoms in total. The maximum atomic E-state index is 12.1. The molecule has 2 aromatic rings. The maximum Gasteiger partial charge on any atom is 0.256 e. The van der Waals surface area contributed by atoms with E-state index >= 15 is 0 Å². The molecule has 1 amide bonds. The van der Waals surface area contributed by atoms with E-state index in [1.54, 1.807) is 17.5 Å². The summed E-state index contributed by atoms with van der Waals surface area (Å²) in [5.41, 5.74) is 0.857. The largest absolute Gasteiger partial charge is 0.366 e. The molecule has 0 saturated carbocycles. The molecule has 22 heavy (non-hydrogen) atoms. The first-order valence-corrected chi connectivity index (χ1v) is 8.31. The summed E-state index contributed by atoms with van der Waals surface area (Å²) in [5.74, 6) is 0.309. The Morgan fingerprint density at radius 2 is 2.27 bits per heavy atom. The zero-order valence-electron chi connectivity index (χ0n) is 11.4. The molecule has 0 aliphatic carbocycles. The van der Waals surface area contributed by atoms with Crippen LogP contribution < -0.4 is 10.6 Å². The van der Waals surface area contributed by atoms with Crippen molar-refractivity contribution in [1.82, 2.24) is 10.3 Å². The Labute approximate surface area is 141 Å². The van der Waals surface area contributed by atoms with Crippen molar-refractivity contribution in [3.8, 4) is 10.6 Å². The predicted molar refractivity (Wildman–Crippen MR) is 88.8 cm³/mol. The summed E-state index contributed by atoms with van der Waals surface area (Å²) in [7, 11) is 0. The van der Waals surface area contributed by atoms with Crippen molar-refractivity contribution in [2.75, 3.05) is 25.0 Å². The monoisotopic (exact) mass is 357 g/mol. The molecule has 1 aliphatic heterocycles. The van der Waals surface area contributed by atoms with Crippen LogP contribution in [0.25, 0.3) is 10.6 Å². The van der Waals surface area contributed by atoms with Crippen molar-refractivity contribution in [3.05, 3.63) is 33.6 Å². The number of anilines is 1. The van der Waals surface area contributed by atoms with E-state index in [0.29, 0.717) is 29.0 Å². The number of benzene rings is 1. The van der Waals surface area contributed by atoms with Crippen LogP contribution in [0.2, 0.25) is 10.0 Å². The van der Waals surface area contributed by atoms with E-state index in [1.165, 1.54) is 11.3 Å². The van der Waals surface area contributed by atoms with Crippen molar-refractivity contribution in [2.45, 2.75) is 6.10 Å². The van der Waals surface area contributed by atoms with Crippen molar-refractivity contribution >= 4 is 46.3 Å². The van der Waals surface area contributed by atoms with E-state index in [9.17, 15) is 4.79 Å². The van der Waals surface area contributed by atoms with Crippen LogP contribution in [-0.2, 0) is 9.53 Å². The van der Waals surface area contributed by atoms with Crippen LogP contribution in [0, 0.1) is 0 Å². The zero-order valence-corrected chi connectivity index (χ0v) is 13.8. The van der Waals surface area contributed by atoms with Crippen LogP contribution in [0.15, 0.2) is 23.6 Å². The van der Waals surface area contributed by atoms with Gasteiger partial charge in [-0.3, -0.25) is 4.79 Å². The Bertz CT molecular complexity index is 686. The van der Waals surface area contributed by atoms with Gasteiger partial charge in [0.1, 0.15) is 16.9 Å². The number of carbonyl (C=O) groups is 1. The minimum absolute atomic E-state index is 0.196. The number of nitrogens with one attached hydrogen (secondary N) is 2. The van der Waals surface area contributed by atoms with Gasteiger partial charge >= 0.3 is 0 Å². The number of hydrogen-bond donors (Lipinski definition) is 2. The molecular formula is C14H13Cl2N3O2S. The van der Waals surface area contributed by atoms with Gasteiger partial charge in [-0.05, 0) is 12.1 Å². The van der Waals surface area contributed by atoms with Crippen molar-refractivity contribution in [2.24, 2.45) is 0 Å². The molecule has 0 radical (unpaired) electrons. The quantitative estimate of drug-likeness (QED) is 0.885. The molecule has 1 atom stereocenters. The lowest BCUT2D eigenvalue weighted by Gasteiger charge is -2.22. The predicted octanol–water partition coefficient (Wildman–Crippen LogP) is 3.04. The van der Waals surface area contributed by atoms with Crippen LogP contribution in [0.3, 0.4) is 0 Å². The average Bonchev–Trinajstić information content (AvgIpc) is 2.99. The van der Waals surface area contributed by atoms with E-state index in [0.717, 1.165) is 17.1 Å². The number of morpholine rings is 1. The first-order valence-electron chi connectivity index (χ1n) is 6.67. The number of halogens is 2. The number of carbonyl (C=O) groups excluding carboxylic acids is 1. The lowest BCUT2D eigenvalue weighted by atomic mass is 10.2. The van der Waals surface area contributed by atoms with Gasteiger partial charge in [0.2, 0.25) is 0 Å². The summed E-state index contributed by atoms with van der Waals surface area (Å²) in [6.07, 6.45) is -0.483. The first-order chi connectivity index (χ1) is 10.6. The second-order valence-corrected chi connectivity index (χ2v) is 6.39. The minimum Gasteiger partial charge on any atom is -0.366 e. The second kappa shape index (κ2) is 6.93. The topological polar surface area (TPSA) is 63.2 Å². The number of hydrogen-bond acceptors (Lipinski definition) is 5. The van der Waals surface area contributed by atoms with E-state index in [4.69, 9.17) is 27.9 Å². The Hall–Kier alpha value is -1.18. The molecule has 3 rings (SSSR count). The van der Waals surface area contributed by atoms with E-state index in [-0.39, 0.29) is 5.91 Å². The molecule has 0 bridgehead atoms. The van der Waals surface area contributed by atoms with Crippen LogP contribution in [-0.4, -0.2) is 36.7 Å². The number of thiazole rings is 1. The molecule has 2 N–H and O–H groups in total.